The fourth-order valence-electron chi connectivity index (χ4n) is 3.33. The van der Waals surface area contributed by atoms with E-state index in [1.54, 1.807) is 26.0 Å². The second-order valence-corrected chi connectivity index (χ2v) is 7.78. The molecule has 2 aromatic carbocycles. The largest absolute Gasteiger partial charge is 0.466 e. The summed E-state index contributed by atoms with van der Waals surface area (Å²) in [4.78, 5) is 44.9. The molecule has 0 aliphatic rings. The number of fused-ring (bicyclic) bond motifs is 1. The quantitative estimate of drug-likeness (QED) is 0.379. The van der Waals surface area contributed by atoms with Crippen LogP contribution in [0.3, 0.4) is 0 Å². The number of aromatic nitrogens is 2. The molecule has 0 bridgehead atoms. The first-order valence-corrected chi connectivity index (χ1v) is 11.4. The van der Waals surface area contributed by atoms with Crippen molar-refractivity contribution in [1.82, 2.24) is 15.3 Å². The molecule has 0 saturated heterocycles. The molecule has 0 spiro atoms. The number of alkyl halides is 3. The van der Waals surface area contributed by atoms with Gasteiger partial charge in [0.15, 0.2) is 0 Å². The minimum atomic E-state index is -4.47. The fourth-order valence-corrected chi connectivity index (χ4v) is 3.33. The van der Waals surface area contributed by atoms with Crippen LogP contribution in [0.1, 0.15) is 42.6 Å². The van der Waals surface area contributed by atoms with Gasteiger partial charge in [0.25, 0.3) is 5.91 Å². The number of halogens is 3. The highest BCUT2D eigenvalue weighted by molar-refractivity contribution is 5.97. The Morgan fingerprint density at radius 1 is 0.973 bits per heavy atom. The van der Waals surface area contributed by atoms with Crippen molar-refractivity contribution >= 4 is 40.4 Å². The maximum Gasteiger partial charge on any atom is 0.416 e. The smallest absolute Gasteiger partial charge is 0.416 e. The zero-order chi connectivity index (χ0) is 27.0. The van der Waals surface area contributed by atoms with Gasteiger partial charge in [0, 0.05) is 17.7 Å². The van der Waals surface area contributed by atoms with Crippen molar-refractivity contribution in [3.05, 3.63) is 59.8 Å². The number of amides is 1. The van der Waals surface area contributed by atoms with E-state index in [2.05, 4.69) is 20.6 Å². The van der Waals surface area contributed by atoms with E-state index in [0.29, 0.717) is 11.5 Å². The molecule has 37 heavy (non-hydrogen) atoms. The molecule has 0 saturated carbocycles. The van der Waals surface area contributed by atoms with Gasteiger partial charge in [0.05, 0.1) is 36.0 Å². The summed E-state index contributed by atoms with van der Waals surface area (Å²) in [5, 5.41) is 5.55. The molecule has 0 fully saturated rings. The Morgan fingerprint density at radius 3 is 2.32 bits per heavy atom. The zero-order valence-corrected chi connectivity index (χ0v) is 20.1. The molecule has 1 unspecified atom stereocenters. The monoisotopic (exact) mass is 518 g/mol. The molecule has 2 N–H and O–H groups in total. The SMILES string of the molecule is CCOC(=O)CCC(NC(=O)c1ccc(Nc2cnc3cc(C(F)(F)F)ccc3n2)cc1)C(=O)OCC. The van der Waals surface area contributed by atoms with E-state index in [1.165, 1.54) is 24.4 Å². The van der Waals surface area contributed by atoms with Crippen LogP contribution < -0.4 is 10.6 Å². The zero-order valence-electron chi connectivity index (χ0n) is 20.1. The highest BCUT2D eigenvalue weighted by Crippen LogP contribution is 2.31. The van der Waals surface area contributed by atoms with E-state index in [4.69, 9.17) is 9.47 Å². The van der Waals surface area contributed by atoms with Crippen molar-refractivity contribution in [3.63, 3.8) is 0 Å². The number of anilines is 2. The normalized spacial score (nSPS) is 12.0. The summed E-state index contributed by atoms with van der Waals surface area (Å²) in [6, 6.07) is 8.27. The number of nitrogens with zero attached hydrogens (tertiary/aromatic N) is 2. The highest BCUT2D eigenvalue weighted by Gasteiger charge is 2.30. The van der Waals surface area contributed by atoms with Crippen molar-refractivity contribution < 1.29 is 37.0 Å². The second-order valence-electron chi connectivity index (χ2n) is 7.78. The van der Waals surface area contributed by atoms with Crippen LogP contribution in [0.15, 0.2) is 48.7 Å². The maximum absolute atomic E-state index is 12.9. The van der Waals surface area contributed by atoms with E-state index < -0.39 is 35.6 Å². The summed E-state index contributed by atoms with van der Waals surface area (Å²) in [6.45, 7) is 3.62. The van der Waals surface area contributed by atoms with E-state index in [1.807, 2.05) is 0 Å². The van der Waals surface area contributed by atoms with Crippen LogP contribution in [0, 0.1) is 0 Å². The predicted molar refractivity (Wildman–Crippen MR) is 128 cm³/mol. The lowest BCUT2D eigenvalue weighted by Crippen LogP contribution is -2.42. The molecule has 0 aliphatic heterocycles. The molecule has 196 valence electrons. The topological polar surface area (TPSA) is 120 Å². The number of hydrogen-bond donors (Lipinski definition) is 2. The van der Waals surface area contributed by atoms with Crippen molar-refractivity contribution in [1.29, 1.82) is 0 Å². The van der Waals surface area contributed by atoms with Gasteiger partial charge in [-0.25, -0.2) is 9.78 Å². The minimum Gasteiger partial charge on any atom is -0.466 e. The summed E-state index contributed by atoms with van der Waals surface area (Å²) in [5.74, 6) is -1.39. The van der Waals surface area contributed by atoms with Crippen molar-refractivity contribution in [3.8, 4) is 0 Å². The molecule has 1 amide bonds. The van der Waals surface area contributed by atoms with Gasteiger partial charge in [0.1, 0.15) is 11.9 Å². The number of ether oxygens (including phenoxy) is 2. The summed E-state index contributed by atoms with van der Waals surface area (Å²) < 4.78 is 48.5. The maximum atomic E-state index is 12.9. The predicted octanol–water partition coefficient (Wildman–Crippen LogP) is 4.40. The lowest BCUT2D eigenvalue weighted by molar-refractivity contribution is -0.147. The van der Waals surface area contributed by atoms with E-state index in [-0.39, 0.29) is 42.7 Å². The number of carbonyl (C=O) groups is 3. The molecule has 1 atom stereocenters. The summed E-state index contributed by atoms with van der Waals surface area (Å²) in [6.07, 6.45) is -3.21. The Bertz CT molecular complexity index is 1270. The third-order valence-electron chi connectivity index (χ3n) is 5.11. The van der Waals surface area contributed by atoms with Crippen LogP contribution in [0.2, 0.25) is 0 Å². The second kappa shape index (κ2) is 12.2. The van der Waals surface area contributed by atoms with Gasteiger partial charge in [-0.1, -0.05) is 0 Å². The number of carbonyl (C=O) groups excluding carboxylic acids is 3. The molecule has 1 heterocycles. The Labute approximate surface area is 210 Å². The molecule has 12 heteroatoms. The van der Waals surface area contributed by atoms with Crippen LogP contribution in [0.25, 0.3) is 11.0 Å². The highest BCUT2D eigenvalue weighted by atomic mass is 19.4. The average Bonchev–Trinajstić information content (AvgIpc) is 2.86. The van der Waals surface area contributed by atoms with Gasteiger partial charge in [-0.05, 0) is 62.7 Å². The van der Waals surface area contributed by atoms with Gasteiger partial charge < -0.3 is 20.1 Å². The summed E-state index contributed by atoms with van der Waals surface area (Å²) in [5.41, 5.74) is 0.366. The van der Waals surface area contributed by atoms with Gasteiger partial charge in [0.2, 0.25) is 0 Å². The molecule has 1 aromatic heterocycles. The van der Waals surface area contributed by atoms with Crippen LogP contribution >= 0.6 is 0 Å². The van der Waals surface area contributed by atoms with Crippen LogP contribution in [0.5, 0.6) is 0 Å². The Kier molecular flexibility index (Phi) is 8.99. The molecular weight excluding hydrogens is 493 g/mol. The van der Waals surface area contributed by atoms with Gasteiger partial charge in [-0.15, -0.1) is 0 Å². The van der Waals surface area contributed by atoms with Gasteiger partial charge in [-0.3, -0.25) is 14.6 Å². The van der Waals surface area contributed by atoms with E-state index >= 15 is 0 Å². The molecule has 9 nitrogen and oxygen atoms in total. The average molecular weight is 518 g/mol. The van der Waals surface area contributed by atoms with E-state index in [0.717, 1.165) is 12.1 Å². The van der Waals surface area contributed by atoms with Crippen LogP contribution in [-0.2, 0) is 25.2 Å². The fraction of sp³-hybridized carbons (Fsp3) is 0.320. The summed E-state index contributed by atoms with van der Waals surface area (Å²) in [7, 11) is 0. The van der Waals surface area contributed by atoms with Crippen LogP contribution in [0.4, 0.5) is 24.7 Å². The van der Waals surface area contributed by atoms with Crippen LogP contribution in [-0.4, -0.2) is 47.1 Å². The van der Waals surface area contributed by atoms with Gasteiger partial charge >= 0.3 is 18.1 Å². The number of esters is 2. The minimum absolute atomic E-state index is 0.0220. The van der Waals surface area contributed by atoms with Crippen molar-refractivity contribution in [2.45, 2.75) is 38.9 Å². The number of hydrogen-bond acceptors (Lipinski definition) is 8. The Morgan fingerprint density at radius 2 is 1.68 bits per heavy atom. The molecule has 0 aliphatic carbocycles. The van der Waals surface area contributed by atoms with Crippen molar-refractivity contribution in [2.24, 2.45) is 0 Å². The molecular formula is C25H25F3N4O5. The lowest BCUT2D eigenvalue weighted by atomic mass is 10.1. The summed E-state index contributed by atoms with van der Waals surface area (Å²) >= 11 is 0. The molecule has 3 rings (SSSR count). The third-order valence-corrected chi connectivity index (χ3v) is 5.11. The Hall–Kier alpha value is -4.22. The number of rotatable bonds is 10. The first kappa shape index (κ1) is 27.4. The third kappa shape index (κ3) is 7.63. The lowest BCUT2D eigenvalue weighted by Gasteiger charge is -2.17. The molecule has 3 aromatic rings. The standard InChI is InChI=1S/C25H25F3N4O5/c1-3-36-22(33)12-11-19(24(35)37-4-2)32-23(34)15-5-8-17(9-6-15)30-21-14-29-20-13-16(25(26,27)28)7-10-18(20)31-21/h5-10,13-14,19H,3-4,11-12H2,1-2H3,(H,30,31)(H,32,34). The van der Waals surface area contributed by atoms with Gasteiger partial charge in [-0.2, -0.15) is 13.2 Å². The van der Waals surface area contributed by atoms with Crippen molar-refractivity contribution in [2.75, 3.05) is 18.5 Å². The number of nitrogens with one attached hydrogen (secondary N) is 2. The first-order chi connectivity index (χ1) is 17.6. The Balaban J connectivity index is 1.66. The first-order valence-electron chi connectivity index (χ1n) is 11.4. The molecule has 0 radical (unpaired) electrons. The number of benzene rings is 2. The van der Waals surface area contributed by atoms with E-state index in [9.17, 15) is 27.6 Å².